The highest BCUT2D eigenvalue weighted by atomic mass is 32.1. The Bertz CT molecular complexity index is 442. The molecule has 0 N–H and O–H groups in total. The summed E-state index contributed by atoms with van der Waals surface area (Å²) in [7, 11) is 0. The summed E-state index contributed by atoms with van der Waals surface area (Å²) in [6.45, 7) is 6.31. The van der Waals surface area contributed by atoms with Gasteiger partial charge in [0.15, 0.2) is 0 Å². The minimum absolute atomic E-state index is 0.142. The molecule has 2 rings (SSSR count). The quantitative estimate of drug-likeness (QED) is 0.767. The molecule has 0 radical (unpaired) electrons. The molecule has 3 heteroatoms. The standard InChI is InChI=1S/C15H21NOS/c1-15(2)7-4-9-16(10-8-15)14(17)12-5-3-6-13(18)11-12/h3,5-6,11,18H,4,7-10H2,1-2H3. The number of carbonyl (C=O) groups excluding carboxylic acids is 1. The van der Waals surface area contributed by atoms with Gasteiger partial charge in [0.05, 0.1) is 0 Å². The highest BCUT2D eigenvalue weighted by Gasteiger charge is 2.25. The summed E-state index contributed by atoms with van der Waals surface area (Å²) in [5.74, 6) is 0.142. The Hall–Kier alpha value is -0.960. The van der Waals surface area contributed by atoms with Gasteiger partial charge in [-0.2, -0.15) is 0 Å². The maximum absolute atomic E-state index is 12.4. The Morgan fingerprint density at radius 3 is 2.78 bits per heavy atom. The molecule has 2 nitrogen and oxygen atoms in total. The lowest BCUT2D eigenvalue weighted by Crippen LogP contribution is -2.32. The lowest BCUT2D eigenvalue weighted by molar-refractivity contribution is 0.0757. The summed E-state index contributed by atoms with van der Waals surface area (Å²) in [4.78, 5) is 15.2. The minimum Gasteiger partial charge on any atom is -0.339 e. The Labute approximate surface area is 115 Å². The van der Waals surface area contributed by atoms with Gasteiger partial charge in [0.1, 0.15) is 0 Å². The van der Waals surface area contributed by atoms with Gasteiger partial charge in [0.25, 0.3) is 5.91 Å². The second-order valence-corrected chi connectivity index (χ2v) is 6.38. The number of amides is 1. The van der Waals surface area contributed by atoms with Gasteiger partial charge in [0, 0.05) is 23.5 Å². The molecule has 1 aliphatic heterocycles. The van der Waals surface area contributed by atoms with E-state index in [0.717, 1.165) is 36.4 Å². The molecular formula is C15H21NOS. The zero-order valence-electron chi connectivity index (χ0n) is 11.1. The molecule has 1 aromatic rings. The van der Waals surface area contributed by atoms with Crippen LogP contribution in [0.25, 0.3) is 0 Å². The molecule has 1 aromatic carbocycles. The van der Waals surface area contributed by atoms with Crippen LogP contribution in [0.3, 0.4) is 0 Å². The van der Waals surface area contributed by atoms with Crippen molar-refractivity contribution in [3.05, 3.63) is 29.8 Å². The third-order valence-corrected chi connectivity index (χ3v) is 4.00. The number of likely N-dealkylation sites (tertiary alicyclic amines) is 1. The van der Waals surface area contributed by atoms with Crippen LogP contribution in [0.4, 0.5) is 0 Å². The van der Waals surface area contributed by atoms with Gasteiger partial charge in [-0.3, -0.25) is 4.79 Å². The van der Waals surface area contributed by atoms with E-state index in [1.54, 1.807) is 0 Å². The van der Waals surface area contributed by atoms with Crippen LogP contribution in [0.15, 0.2) is 29.2 Å². The van der Waals surface area contributed by atoms with Gasteiger partial charge in [-0.25, -0.2) is 0 Å². The molecule has 1 aliphatic rings. The van der Waals surface area contributed by atoms with E-state index < -0.39 is 0 Å². The second kappa shape index (κ2) is 5.35. The van der Waals surface area contributed by atoms with Gasteiger partial charge < -0.3 is 4.90 Å². The van der Waals surface area contributed by atoms with E-state index in [4.69, 9.17) is 0 Å². The number of benzene rings is 1. The predicted octanol–water partition coefficient (Wildman–Crippen LogP) is 3.63. The minimum atomic E-state index is 0.142. The molecule has 18 heavy (non-hydrogen) atoms. The topological polar surface area (TPSA) is 20.3 Å². The smallest absolute Gasteiger partial charge is 0.253 e. The van der Waals surface area contributed by atoms with Crippen LogP contribution in [-0.2, 0) is 0 Å². The lowest BCUT2D eigenvalue weighted by atomic mass is 9.85. The Morgan fingerprint density at radius 2 is 2.06 bits per heavy atom. The summed E-state index contributed by atoms with van der Waals surface area (Å²) in [5, 5.41) is 0. The maximum atomic E-state index is 12.4. The molecule has 0 bridgehead atoms. The fourth-order valence-corrected chi connectivity index (χ4v) is 2.67. The Kier molecular flexibility index (Phi) is 4.00. The third-order valence-electron chi connectivity index (χ3n) is 3.72. The molecule has 0 unspecified atom stereocenters. The van der Waals surface area contributed by atoms with Gasteiger partial charge in [-0.1, -0.05) is 19.9 Å². The second-order valence-electron chi connectivity index (χ2n) is 5.86. The van der Waals surface area contributed by atoms with Gasteiger partial charge in [-0.15, -0.1) is 12.6 Å². The summed E-state index contributed by atoms with van der Waals surface area (Å²) >= 11 is 4.29. The summed E-state index contributed by atoms with van der Waals surface area (Å²) in [5.41, 5.74) is 1.11. The van der Waals surface area contributed by atoms with E-state index in [1.165, 1.54) is 6.42 Å². The fraction of sp³-hybridized carbons (Fsp3) is 0.533. The van der Waals surface area contributed by atoms with E-state index in [2.05, 4.69) is 26.5 Å². The van der Waals surface area contributed by atoms with Crippen molar-refractivity contribution in [3.8, 4) is 0 Å². The van der Waals surface area contributed by atoms with Crippen LogP contribution >= 0.6 is 12.6 Å². The van der Waals surface area contributed by atoms with E-state index >= 15 is 0 Å². The molecule has 1 heterocycles. The van der Waals surface area contributed by atoms with Crippen LogP contribution < -0.4 is 0 Å². The third kappa shape index (κ3) is 3.29. The van der Waals surface area contributed by atoms with Crippen LogP contribution in [0, 0.1) is 5.41 Å². The summed E-state index contributed by atoms with van der Waals surface area (Å²) in [6, 6.07) is 7.50. The van der Waals surface area contributed by atoms with Crippen LogP contribution in [0.5, 0.6) is 0 Å². The van der Waals surface area contributed by atoms with Crippen LogP contribution in [0.1, 0.15) is 43.5 Å². The fourth-order valence-electron chi connectivity index (χ4n) is 2.45. The van der Waals surface area contributed by atoms with Gasteiger partial charge in [-0.05, 0) is 42.9 Å². The first kappa shape index (κ1) is 13.5. The highest BCUT2D eigenvalue weighted by Crippen LogP contribution is 2.30. The maximum Gasteiger partial charge on any atom is 0.253 e. The first-order valence-electron chi connectivity index (χ1n) is 6.56. The summed E-state index contributed by atoms with van der Waals surface area (Å²) in [6.07, 6.45) is 3.38. The zero-order chi connectivity index (χ0) is 13.2. The molecule has 0 aliphatic carbocycles. The van der Waals surface area contributed by atoms with E-state index in [0.29, 0.717) is 5.41 Å². The van der Waals surface area contributed by atoms with Gasteiger partial charge >= 0.3 is 0 Å². The van der Waals surface area contributed by atoms with E-state index in [1.807, 2.05) is 29.2 Å². The Balaban J connectivity index is 2.10. The molecule has 1 fully saturated rings. The molecule has 1 saturated heterocycles. The van der Waals surface area contributed by atoms with E-state index in [-0.39, 0.29) is 5.91 Å². The van der Waals surface area contributed by atoms with Gasteiger partial charge in [0.2, 0.25) is 0 Å². The first-order valence-corrected chi connectivity index (χ1v) is 7.01. The lowest BCUT2D eigenvalue weighted by Gasteiger charge is -2.23. The van der Waals surface area contributed by atoms with Crippen molar-refractivity contribution in [2.45, 2.75) is 38.0 Å². The molecule has 0 aromatic heterocycles. The van der Waals surface area contributed by atoms with Crippen molar-refractivity contribution in [1.29, 1.82) is 0 Å². The largest absolute Gasteiger partial charge is 0.339 e. The molecule has 0 spiro atoms. The number of carbonyl (C=O) groups is 1. The molecular weight excluding hydrogens is 242 g/mol. The van der Waals surface area contributed by atoms with Crippen molar-refractivity contribution in [2.75, 3.05) is 13.1 Å². The monoisotopic (exact) mass is 263 g/mol. The van der Waals surface area contributed by atoms with Crippen molar-refractivity contribution >= 4 is 18.5 Å². The number of thiol groups is 1. The number of rotatable bonds is 1. The average molecular weight is 263 g/mol. The molecule has 1 amide bonds. The zero-order valence-corrected chi connectivity index (χ0v) is 12.0. The van der Waals surface area contributed by atoms with Crippen molar-refractivity contribution in [3.63, 3.8) is 0 Å². The average Bonchev–Trinajstić information content (AvgIpc) is 2.49. The number of hydrogen-bond donors (Lipinski definition) is 1. The normalized spacial score (nSPS) is 19.4. The highest BCUT2D eigenvalue weighted by molar-refractivity contribution is 7.80. The van der Waals surface area contributed by atoms with Crippen LogP contribution in [-0.4, -0.2) is 23.9 Å². The predicted molar refractivity (Wildman–Crippen MR) is 77.2 cm³/mol. The first-order chi connectivity index (χ1) is 8.48. The van der Waals surface area contributed by atoms with E-state index in [9.17, 15) is 4.79 Å². The number of nitrogens with zero attached hydrogens (tertiary/aromatic N) is 1. The molecule has 98 valence electrons. The number of hydrogen-bond acceptors (Lipinski definition) is 2. The molecule has 0 atom stereocenters. The SMILES string of the molecule is CC1(C)CCCN(C(=O)c2cccc(S)c2)CC1. The van der Waals surface area contributed by atoms with Crippen LogP contribution in [0.2, 0.25) is 0 Å². The van der Waals surface area contributed by atoms with Crippen molar-refractivity contribution in [2.24, 2.45) is 5.41 Å². The van der Waals surface area contributed by atoms with Crippen molar-refractivity contribution in [1.82, 2.24) is 4.90 Å². The Morgan fingerprint density at radius 1 is 1.28 bits per heavy atom. The van der Waals surface area contributed by atoms with Crippen molar-refractivity contribution < 1.29 is 4.79 Å². The molecule has 0 saturated carbocycles. The summed E-state index contributed by atoms with van der Waals surface area (Å²) < 4.78 is 0.